The summed E-state index contributed by atoms with van der Waals surface area (Å²) in [6, 6.07) is 6.24. The molecule has 2 N–H and O–H groups in total. The zero-order valence-electron chi connectivity index (χ0n) is 7.97. The Bertz CT molecular complexity index is 437. The molecule has 0 radical (unpaired) electrons. The van der Waals surface area contributed by atoms with E-state index >= 15 is 0 Å². The Labute approximate surface area is 84.2 Å². The predicted octanol–water partition coefficient (Wildman–Crippen LogP) is 1.28. The molecule has 0 heterocycles. The fourth-order valence-electron chi connectivity index (χ4n) is 1.22. The topological polar surface area (TPSA) is 60.2 Å². The molecule has 1 rings (SSSR count). The van der Waals surface area contributed by atoms with Gasteiger partial charge in [0.15, 0.2) is 9.84 Å². The summed E-state index contributed by atoms with van der Waals surface area (Å²) in [7, 11) is -3.22. The Morgan fingerprint density at radius 3 is 2.50 bits per heavy atom. The van der Waals surface area contributed by atoms with Gasteiger partial charge in [-0.3, -0.25) is 0 Å². The summed E-state index contributed by atoms with van der Waals surface area (Å²) < 4.78 is 22.8. The van der Waals surface area contributed by atoms with Gasteiger partial charge >= 0.3 is 0 Å². The second kappa shape index (κ2) is 3.94. The van der Waals surface area contributed by atoms with Gasteiger partial charge in [0.2, 0.25) is 0 Å². The van der Waals surface area contributed by atoms with Gasteiger partial charge in [-0.1, -0.05) is 24.3 Å². The Kier molecular flexibility index (Phi) is 3.08. The van der Waals surface area contributed by atoms with E-state index in [0.29, 0.717) is 5.56 Å². The first-order valence-corrected chi connectivity index (χ1v) is 6.03. The second-order valence-electron chi connectivity index (χ2n) is 3.07. The lowest BCUT2D eigenvalue weighted by Gasteiger charge is -2.11. The summed E-state index contributed by atoms with van der Waals surface area (Å²) in [4.78, 5) is 0.271. The Hall–Kier alpha value is -1.13. The minimum atomic E-state index is -3.22. The average Bonchev–Trinajstić information content (AvgIpc) is 2.15. The fraction of sp³-hybridized carbons (Fsp3) is 0.200. The van der Waals surface area contributed by atoms with Gasteiger partial charge in [-0.15, -0.1) is 6.58 Å². The zero-order chi connectivity index (χ0) is 10.8. The van der Waals surface area contributed by atoms with Gasteiger partial charge < -0.3 is 5.73 Å². The van der Waals surface area contributed by atoms with Crippen molar-refractivity contribution >= 4 is 9.84 Å². The van der Waals surface area contributed by atoms with E-state index in [0.717, 1.165) is 0 Å². The van der Waals surface area contributed by atoms with Crippen molar-refractivity contribution in [1.29, 1.82) is 0 Å². The molecule has 1 aromatic carbocycles. The third kappa shape index (κ3) is 2.21. The number of hydrogen-bond donors (Lipinski definition) is 1. The number of nitrogens with two attached hydrogens (primary N) is 1. The van der Waals surface area contributed by atoms with Crippen molar-refractivity contribution in [2.24, 2.45) is 5.73 Å². The van der Waals surface area contributed by atoms with Crippen molar-refractivity contribution in [3.8, 4) is 0 Å². The van der Waals surface area contributed by atoms with Gasteiger partial charge in [0.1, 0.15) is 0 Å². The minimum absolute atomic E-state index is 0.271. The van der Waals surface area contributed by atoms with Crippen LogP contribution in [0.3, 0.4) is 0 Å². The third-order valence-corrected chi connectivity index (χ3v) is 3.10. The number of sulfone groups is 1. The lowest BCUT2D eigenvalue weighted by molar-refractivity contribution is 0.600. The van der Waals surface area contributed by atoms with E-state index in [2.05, 4.69) is 6.58 Å². The first-order valence-electron chi connectivity index (χ1n) is 4.14. The maximum absolute atomic E-state index is 11.4. The van der Waals surface area contributed by atoms with Crippen LogP contribution in [-0.2, 0) is 9.84 Å². The van der Waals surface area contributed by atoms with Crippen molar-refractivity contribution < 1.29 is 8.42 Å². The molecule has 1 atom stereocenters. The van der Waals surface area contributed by atoms with Crippen molar-refractivity contribution in [2.45, 2.75) is 10.9 Å². The largest absolute Gasteiger partial charge is 0.321 e. The molecule has 14 heavy (non-hydrogen) atoms. The Balaban J connectivity index is 3.37. The SMILES string of the molecule is C=CC(N)c1ccccc1S(C)(=O)=O. The summed E-state index contributed by atoms with van der Waals surface area (Å²) in [6.45, 7) is 3.54. The first-order chi connectivity index (χ1) is 6.46. The maximum atomic E-state index is 11.4. The van der Waals surface area contributed by atoms with Gasteiger partial charge in [0, 0.05) is 12.3 Å². The summed E-state index contributed by atoms with van der Waals surface area (Å²) in [5.74, 6) is 0. The molecular weight excluding hydrogens is 198 g/mol. The molecule has 76 valence electrons. The molecular formula is C10H13NO2S. The second-order valence-corrected chi connectivity index (χ2v) is 5.06. The lowest BCUT2D eigenvalue weighted by Crippen LogP contribution is -2.11. The molecule has 0 amide bonds. The van der Waals surface area contributed by atoms with Crippen LogP contribution in [0.15, 0.2) is 41.8 Å². The molecule has 3 nitrogen and oxygen atoms in total. The van der Waals surface area contributed by atoms with Crippen molar-refractivity contribution in [3.05, 3.63) is 42.5 Å². The van der Waals surface area contributed by atoms with Crippen LogP contribution >= 0.6 is 0 Å². The van der Waals surface area contributed by atoms with Gasteiger partial charge in [-0.25, -0.2) is 8.42 Å². The quantitative estimate of drug-likeness (QED) is 0.766. The monoisotopic (exact) mass is 211 g/mol. The number of rotatable bonds is 3. The van der Waals surface area contributed by atoms with Gasteiger partial charge in [-0.2, -0.15) is 0 Å². The molecule has 0 aromatic heterocycles. The van der Waals surface area contributed by atoms with Gasteiger partial charge in [0.25, 0.3) is 0 Å². The lowest BCUT2D eigenvalue weighted by atomic mass is 10.1. The molecule has 0 bridgehead atoms. The number of benzene rings is 1. The van der Waals surface area contributed by atoms with Gasteiger partial charge in [0.05, 0.1) is 4.90 Å². The molecule has 4 heteroatoms. The van der Waals surface area contributed by atoms with Crippen LogP contribution in [0.1, 0.15) is 11.6 Å². The molecule has 0 saturated carbocycles. The average molecular weight is 211 g/mol. The first kappa shape index (κ1) is 10.9. The van der Waals surface area contributed by atoms with Crippen LogP contribution < -0.4 is 5.73 Å². The van der Waals surface area contributed by atoms with E-state index in [9.17, 15) is 8.42 Å². The van der Waals surface area contributed by atoms with Crippen LogP contribution in [0, 0.1) is 0 Å². The molecule has 1 aromatic rings. The van der Waals surface area contributed by atoms with Crippen LogP contribution in [-0.4, -0.2) is 14.7 Å². The summed E-state index contributed by atoms with van der Waals surface area (Å²) >= 11 is 0. The van der Waals surface area contributed by atoms with Crippen LogP contribution in [0.5, 0.6) is 0 Å². The highest BCUT2D eigenvalue weighted by atomic mass is 32.2. The molecule has 0 fully saturated rings. The van der Waals surface area contributed by atoms with Crippen molar-refractivity contribution in [3.63, 3.8) is 0 Å². The van der Waals surface area contributed by atoms with Crippen LogP contribution in [0.2, 0.25) is 0 Å². The Morgan fingerprint density at radius 2 is 2.00 bits per heavy atom. The molecule has 0 aliphatic carbocycles. The van der Waals surface area contributed by atoms with E-state index in [1.165, 1.54) is 12.3 Å². The standard InChI is InChI=1S/C10H13NO2S/c1-3-9(11)8-6-4-5-7-10(8)14(2,12)13/h3-7,9H,1,11H2,2H3. The van der Waals surface area contributed by atoms with E-state index in [-0.39, 0.29) is 4.90 Å². The smallest absolute Gasteiger partial charge is 0.175 e. The van der Waals surface area contributed by atoms with E-state index in [4.69, 9.17) is 5.73 Å². The van der Waals surface area contributed by atoms with E-state index < -0.39 is 15.9 Å². The summed E-state index contributed by atoms with van der Waals surface area (Å²) in [5.41, 5.74) is 6.30. The highest BCUT2D eigenvalue weighted by Crippen LogP contribution is 2.21. The zero-order valence-corrected chi connectivity index (χ0v) is 8.79. The highest BCUT2D eigenvalue weighted by molar-refractivity contribution is 7.90. The molecule has 0 spiro atoms. The summed E-state index contributed by atoms with van der Waals surface area (Å²) in [6.07, 6.45) is 2.69. The van der Waals surface area contributed by atoms with Crippen LogP contribution in [0.4, 0.5) is 0 Å². The van der Waals surface area contributed by atoms with Crippen molar-refractivity contribution in [2.75, 3.05) is 6.26 Å². The number of hydrogen-bond acceptors (Lipinski definition) is 3. The Morgan fingerprint density at radius 1 is 1.43 bits per heavy atom. The van der Waals surface area contributed by atoms with Gasteiger partial charge in [-0.05, 0) is 11.6 Å². The highest BCUT2D eigenvalue weighted by Gasteiger charge is 2.15. The minimum Gasteiger partial charge on any atom is -0.321 e. The molecule has 0 aliphatic rings. The predicted molar refractivity (Wildman–Crippen MR) is 56.7 cm³/mol. The molecule has 0 saturated heterocycles. The third-order valence-electron chi connectivity index (χ3n) is 1.93. The molecule has 0 aliphatic heterocycles. The molecule has 1 unspecified atom stereocenters. The summed E-state index contributed by atoms with van der Waals surface area (Å²) in [5, 5.41) is 0. The van der Waals surface area contributed by atoms with E-state index in [1.807, 2.05) is 0 Å². The normalized spacial score (nSPS) is 13.6. The van der Waals surface area contributed by atoms with Crippen molar-refractivity contribution in [1.82, 2.24) is 0 Å². The van der Waals surface area contributed by atoms with E-state index in [1.54, 1.807) is 24.3 Å². The van der Waals surface area contributed by atoms with Crippen LogP contribution in [0.25, 0.3) is 0 Å². The maximum Gasteiger partial charge on any atom is 0.175 e. The fourth-order valence-corrected chi connectivity index (χ4v) is 2.18.